The fraction of sp³-hybridized carbons (Fsp3) is 0.424. The first-order valence-electron chi connectivity index (χ1n) is 17.2. The van der Waals surface area contributed by atoms with E-state index in [1.165, 1.54) is 36.4 Å². The van der Waals surface area contributed by atoms with Crippen molar-refractivity contribution < 1.29 is 49.6 Å². The molecule has 0 atom stereocenters. The van der Waals surface area contributed by atoms with Crippen LogP contribution in [0.15, 0.2) is 87.5 Å². The zero-order valence-electron chi connectivity index (χ0n) is 31.0. The van der Waals surface area contributed by atoms with E-state index in [1.54, 1.807) is 20.8 Å². The van der Waals surface area contributed by atoms with Crippen molar-refractivity contribution in [3.8, 4) is 0 Å². The standard InChI is InChI=1S/C33H41N7O14S3/c1-33(2,3)54-32(41)34-18-10-11-25-23-36(56(50,51)30-16-8-5-13-27(30)39(44)45)21-19-35(55(48,49)29-15-7-4-12-26(29)38(42)43)20-22-37(24-25)57(52,53)31-17-9-6-14-28(31)40(46)47/h4-9,12-17,25H,10-11,18-24H2,1-3H3,(H,34,41). The molecule has 3 aromatic rings. The van der Waals surface area contributed by atoms with Gasteiger partial charge in [0.1, 0.15) is 5.60 Å². The Morgan fingerprint density at radius 1 is 0.649 bits per heavy atom. The molecule has 21 nitrogen and oxygen atoms in total. The number of hydrogen-bond acceptors (Lipinski definition) is 14. The fourth-order valence-corrected chi connectivity index (χ4v) is 10.9. The maximum absolute atomic E-state index is 14.3. The van der Waals surface area contributed by atoms with Gasteiger partial charge in [0.05, 0.1) is 14.8 Å². The number of nitro benzene ring substituents is 3. The highest BCUT2D eigenvalue weighted by Gasteiger charge is 2.40. The van der Waals surface area contributed by atoms with Crippen molar-refractivity contribution in [2.75, 3.05) is 45.8 Å². The topological polar surface area (TPSA) is 280 Å². The number of nitro groups is 3. The number of amides is 1. The number of carbonyl (C=O) groups excluding carboxylic acids is 1. The van der Waals surface area contributed by atoms with E-state index in [4.69, 9.17) is 4.74 Å². The first-order chi connectivity index (χ1) is 26.6. The van der Waals surface area contributed by atoms with Gasteiger partial charge in [0.15, 0.2) is 14.7 Å². The Morgan fingerprint density at radius 3 is 1.33 bits per heavy atom. The largest absolute Gasteiger partial charge is 0.444 e. The maximum Gasteiger partial charge on any atom is 0.407 e. The van der Waals surface area contributed by atoms with Crippen LogP contribution >= 0.6 is 0 Å². The Balaban J connectivity index is 1.86. The average Bonchev–Trinajstić information content (AvgIpc) is 3.14. The zero-order chi connectivity index (χ0) is 42.3. The van der Waals surface area contributed by atoms with Crippen LogP contribution in [-0.4, -0.2) is 110 Å². The predicted molar refractivity (Wildman–Crippen MR) is 203 cm³/mol. The van der Waals surface area contributed by atoms with Crippen molar-refractivity contribution in [1.29, 1.82) is 0 Å². The van der Waals surface area contributed by atoms with Gasteiger partial charge in [-0.15, -0.1) is 0 Å². The lowest BCUT2D eigenvalue weighted by Gasteiger charge is -2.35. The van der Waals surface area contributed by atoms with Crippen LogP contribution in [0.5, 0.6) is 0 Å². The number of nitrogens with one attached hydrogen (secondary N) is 1. The van der Waals surface area contributed by atoms with Crippen LogP contribution in [-0.2, 0) is 34.8 Å². The Hall–Kier alpha value is -5.14. The first kappa shape index (κ1) is 44.6. The highest BCUT2D eigenvalue weighted by molar-refractivity contribution is 7.90. The van der Waals surface area contributed by atoms with E-state index in [0.29, 0.717) is 4.31 Å². The molecule has 1 heterocycles. The third-order valence-electron chi connectivity index (χ3n) is 8.62. The molecule has 1 N–H and O–H groups in total. The van der Waals surface area contributed by atoms with Gasteiger partial charge in [-0.1, -0.05) is 36.4 Å². The quantitative estimate of drug-likeness (QED) is 0.146. The number of ether oxygens (including phenoxy) is 1. The number of benzene rings is 3. The highest BCUT2D eigenvalue weighted by atomic mass is 32.2. The van der Waals surface area contributed by atoms with E-state index in [2.05, 4.69) is 5.32 Å². The Kier molecular flexibility index (Phi) is 14.1. The van der Waals surface area contributed by atoms with Crippen molar-refractivity contribution in [3.05, 3.63) is 103 Å². The Bertz CT molecular complexity index is 2240. The molecule has 1 saturated heterocycles. The lowest BCUT2D eigenvalue weighted by atomic mass is 10.0. The molecule has 0 spiro atoms. The second-order valence-electron chi connectivity index (χ2n) is 13.7. The summed E-state index contributed by atoms with van der Waals surface area (Å²) in [6, 6.07) is 13.2. The molecular weight excluding hydrogens is 815 g/mol. The Morgan fingerprint density at radius 2 is 0.982 bits per heavy atom. The molecule has 4 rings (SSSR count). The summed E-state index contributed by atoms with van der Waals surface area (Å²) in [5.74, 6) is -0.959. The number of rotatable bonds is 13. The highest BCUT2D eigenvalue weighted by Crippen LogP contribution is 2.32. The number of hydrogen-bond donors (Lipinski definition) is 1. The Labute approximate surface area is 328 Å². The minimum atomic E-state index is -4.89. The summed E-state index contributed by atoms with van der Waals surface area (Å²) in [6.07, 6.45) is -0.615. The molecule has 1 aliphatic rings. The van der Waals surface area contributed by atoms with E-state index < -0.39 is 133 Å². The average molecular weight is 856 g/mol. The van der Waals surface area contributed by atoms with Gasteiger partial charge in [-0.05, 0) is 57.7 Å². The van der Waals surface area contributed by atoms with Crippen LogP contribution in [0, 0.1) is 36.3 Å². The van der Waals surface area contributed by atoms with Gasteiger partial charge in [-0.3, -0.25) is 30.3 Å². The third kappa shape index (κ3) is 10.8. The monoisotopic (exact) mass is 855 g/mol. The smallest absolute Gasteiger partial charge is 0.407 e. The van der Waals surface area contributed by atoms with Crippen LogP contribution in [0.2, 0.25) is 0 Å². The van der Waals surface area contributed by atoms with E-state index in [0.717, 1.165) is 45.0 Å². The summed E-state index contributed by atoms with van der Waals surface area (Å²) in [5.41, 5.74) is -3.23. The molecule has 0 radical (unpaired) electrons. The van der Waals surface area contributed by atoms with E-state index >= 15 is 0 Å². The molecule has 0 aliphatic carbocycles. The number of para-hydroxylation sites is 3. The zero-order valence-corrected chi connectivity index (χ0v) is 33.4. The lowest BCUT2D eigenvalue weighted by molar-refractivity contribution is -0.388. The van der Waals surface area contributed by atoms with Crippen LogP contribution in [0.25, 0.3) is 0 Å². The second kappa shape index (κ2) is 18.0. The molecule has 57 heavy (non-hydrogen) atoms. The van der Waals surface area contributed by atoms with Crippen molar-refractivity contribution in [2.24, 2.45) is 5.92 Å². The van der Waals surface area contributed by atoms with Gasteiger partial charge in [0.25, 0.3) is 17.1 Å². The van der Waals surface area contributed by atoms with Crippen LogP contribution in [0.1, 0.15) is 33.6 Å². The number of carbonyl (C=O) groups is 1. The van der Waals surface area contributed by atoms with Gasteiger partial charge >= 0.3 is 6.09 Å². The summed E-state index contributed by atoms with van der Waals surface area (Å²) in [6.45, 7) is 1.14. The maximum atomic E-state index is 14.3. The predicted octanol–water partition coefficient (Wildman–Crippen LogP) is 3.72. The van der Waals surface area contributed by atoms with Crippen molar-refractivity contribution in [1.82, 2.24) is 18.2 Å². The van der Waals surface area contributed by atoms with Crippen LogP contribution < -0.4 is 5.32 Å². The van der Waals surface area contributed by atoms with Crippen molar-refractivity contribution in [2.45, 2.75) is 53.9 Å². The lowest BCUT2D eigenvalue weighted by Crippen LogP contribution is -2.50. The SMILES string of the molecule is CC(C)(C)OC(=O)NCCCC1CN(S(=O)(=O)c2ccccc2[N+](=O)[O-])CCN(S(=O)(=O)c2ccccc2[N+](=O)[O-])CCN(S(=O)(=O)c2ccccc2[N+](=O)[O-])C1. The van der Waals surface area contributed by atoms with E-state index in [-0.39, 0.29) is 19.4 Å². The van der Waals surface area contributed by atoms with Crippen molar-refractivity contribution >= 4 is 53.2 Å². The normalized spacial score (nSPS) is 16.1. The fourth-order valence-electron chi connectivity index (χ4n) is 6.02. The summed E-state index contributed by atoms with van der Waals surface area (Å²) in [4.78, 5) is 43.1. The van der Waals surface area contributed by atoms with Gasteiger partial charge in [-0.2, -0.15) is 12.9 Å². The van der Waals surface area contributed by atoms with Gasteiger partial charge in [-0.25, -0.2) is 30.0 Å². The van der Waals surface area contributed by atoms with Crippen LogP contribution in [0.4, 0.5) is 21.9 Å². The molecule has 1 amide bonds. The number of nitrogens with zero attached hydrogens (tertiary/aromatic N) is 6. The summed E-state index contributed by atoms with van der Waals surface area (Å²) >= 11 is 0. The molecule has 0 bridgehead atoms. The van der Waals surface area contributed by atoms with E-state index in [1.807, 2.05) is 0 Å². The number of alkyl carbamates (subject to hydrolysis) is 1. The minimum absolute atomic E-state index is 0.0128. The van der Waals surface area contributed by atoms with Crippen LogP contribution in [0.3, 0.4) is 0 Å². The summed E-state index contributed by atoms with van der Waals surface area (Å²) < 4.78 is 93.1. The molecule has 0 aromatic heterocycles. The van der Waals surface area contributed by atoms with E-state index in [9.17, 15) is 60.4 Å². The molecule has 0 unspecified atom stereocenters. The molecule has 310 valence electrons. The molecule has 1 aliphatic heterocycles. The molecule has 24 heteroatoms. The summed E-state index contributed by atoms with van der Waals surface area (Å²) in [5, 5.41) is 38.4. The molecular formula is C33H41N7O14S3. The molecule has 3 aromatic carbocycles. The number of sulfonamides is 3. The summed E-state index contributed by atoms with van der Waals surface area (Å²) in [7, 11) is -14.6. The molecule has 1 fully saturated rings. The van der Waals surface area contributed by atoms with Gasteiger partial charge in [0, 0.05) is 64.0 Å². The van der Waals surface area contributed by atoms with Gasteiger partial charge in [0.2, 0.25) is 30.1 Å². The minimum Gasteiger partial charge on any atom is -0.444 e. The van der Waals surface area contributed by atoms with Gasteiger partial charge < -0.3 is 10.1 Å². The molecule has 0 saturated carbocycles. The first-order valence-corrected chi connectivity index (χ1v) is 21.6. The second-order valence-corrected chi connectivity index (χ2v) is 19.5. The van der Waals surface area contributed by atoms with Crippen molar-refractivity contribution in [3.63, 3.8) is 0 Å². The third-order valence-corrected chi connectivity index (χ3v) is 14.4.